The van der Waals surface area contributed by atoms with Crippen molar-refractivity contribution in [3.63, 3.8) is 0 Å². The zero-order valence-electron chi connectivity index (χ0n) is 7.37. The van der Waals surface area contributed by atoms with Crippen LogP contribution in [0.15, 0.2) is 35.9 Å². The zero-order chi connectivity index (χ0) is 8.97. The van der Waals surface area contributed by atoms with Gasteiger partial charge in [-0.15, -0.1) is 0 Å². The molecule has 0 aliphatic rings. The monoisotopic (exact) mass is 160 g/mol. The quantitative estimate of drug-likeness (QED) is 0.480. The first kappa shape index (κ1) is 8.72. The highest BCUT2D eigenvalue weighted by molar-refractivity contribution is 5.86. The highest BCUT2D eigenvalue weighted by Gasteiger charge is 1.97. The third-order valence-electron chi connectivity index (χ3n) is 1.98. The summed E-state index contributed by atoms with van der Waals surface area (Å²) in [5.74, 6) is 0. The first-order valence-electron chi connectivity index (χ1n) is 3.94. The lowest BCUT2D eigenvalue weighted by atomic mass is 10.0. The van der Waals surface area contributed by atoms with Crippen molar-refractivity contribution in [1.82, 2.24) is 0 Å². The number of allylic oxidation sites excluding steroid dienone is 2. The number of benzene rings is 1. The second kappa shape index (κ2) is 3.86. The van der Waals surface area contributed by atoms with E-state index in [1.165, 1.54) is 0 Å². The van der Waals surface area contributed by atoms with Gasteiger partial charge in [-0.05, 0) is 30.6 Å². The molecule has 1 heteroatoms. The second-order valence-corrected chi connectivity index (χ2v) is 2.79. The van der Waals surface area contributed by atoms with Crippen LogP contribution in [0.2, 0.25) is 0 Å². The Bertz CT molecular complexity index is 296. The van der Waals surface area contributed by atoms with Gasteiger partial charge in [-0.25, -0.2) is 0 Å². The van der Waals surface area contributed by atoms with Crippen molar-refractivity contribution in [2.75, 3.05) is 0 Å². The van der Waals surface area contributed by atoms with E-state index in [1.807, 2.05) is 44.2 Å². The van der Waals surface area contributed by atoms with E-state index in [2.05, 4.69) is 0 Å². The number of rotatable bonds is 2. The molecule has 0 aromatic heterocycles. The molecule has 0 amide bonds. The van der Waals surface area contributed by atoms with Gasteiger partial charge in [0, 0.05) is 0 Å². The molecule has 1 aromatic rings. The number of hydrogen-bond donors (Lipinski definition) is 0. The van der Waals surface area contributed by atoms with Crippen LogP contribution in [0.4, 0.5) is 0 Å². The van der Waals surface area contributed by atoms with E-state index in [0.29, 0.717) is 0 Å². The van der Waals surface area contributed by atoms with Gasteiger partial charge in [0.2, 0.25) is 0 Å². The Kier molecular flexibility index (Phi) is 2.81. The molecule has 0 atom stereocenters. The van der Waals surface area contributed by atoms with E-state index < -0.39 is 0 Å². The van der Waals surface area contributed by atoms with E-state index in [-0.39, 0.29) is 0 Å². The predicted molar refractivity (Wildman–Crippen MR) is 50.8 cm³/mol. The lowest BCUT2D eigenvalue weighted by molar-refractivity contribution is -0.104. The fourth-order valence-corrected chi connectivity index (χ4v) is 1.00. The van der Waals surface area contributed by atoms with Crippen molar-refractivity contribution in [2.45, 2.75) is 13.8 Å². The maximum Gasteiger partial charge on any atom is 0.146 e. The molecule has 0 radical (unpaired) electrons. The fraction of sp³-hybridized carbons (Fsp3) is 0.182. The highest BCUT2D eigenvalue weighted by Crippen LogP contribution is 2.15. The fourth-order valence-electron chi connectivity index (χ4n) is 1.00. The molecule has 12 heavy (non-hydrogen) atoms. The molecule has 0 saturated carbocycles. The second-order valence-electron chi connectivity index (χ2n) is 2.79. The average molecular weight is 160 g/mol. The maximum absolute atomic E-state index is 10.5. The van der Waals surface area contributed by atoms with Gasteiger partial charge in [-0.3, -0.25) is 4.79 Å². The van der Waals surface area contributed by atoms with Crippen molar-refractivity contribution in [2.24, 2.45) is 0 Å². The molecular formula is C11H12O. The van der Waals surface area contributed by atoms with Gasteiger partial charge in [0.1, 0.15) is 6.29 Å². The van der Waals surface area contributed by atoms with Crippen molar-refractivity contribution in [3.05, 3.63) is 41.5 Å². The molecule has 0 heterocycles. The molecule has 1 aromatic carbocycles. The summed E-state index contributed by atoms with van der Waals surface area (Å²) in [6.45, 7) is 3.79. The predicted octanol–water partition coefficient (Wildman–Crippen LogP) is 2.68. The Hall–Kier alpha value is -1.37. The van der Waals surface area contributed by atoms with Crippen molar-refractivity contribution in [1.29, 1.82) is 0 Å². The van der Waals surface area contributed by atoms with Crippen LogP contribution in [0, 0.1) is 0 Å². The van der Waals surface area contributed by atoms with Crippen molar-refractivity contribution in [3.8, 4) is 0 Å². The minimum atomic E-state index is 0.793. The summed E-state index contributed by atoms with van der Waals surface area (Å²) in [6, 6.07) is 9.91. The van der Waals surface area contributed by atoms with Gasteiger partial charge >= 0.3 is 0 Å². The molecule has 1 nitrogen and oxygen atoms in total. The summed E-state index contributed by atoms with van der Waals surface area (Å²) in [4.78, 5) is 10.5. The first-order chi connectivity index (χ1) is 5.75. The molecule has 0 bridgehead atoms. The Balaban J connectivity index is 3.08. The molecule has 62 valence electrons. The van der Waals surface area contributed by atoms with Crippen LogP contribution in [-0.4, -0.2) is 6.29 Å². The molecule has 0 aliphatic heterocycles. The third kappa shape index (κ3) is 1.82. The van der Waals surface area contributed by atoms with Gasteiger partial charge in [0.05, 0.1) is 0 Å². The van der Waals surface area contributed by atoms with Crippen LogP contribution in [0.3, 0.4) is 0 Å². The largest absolute Gasteiger partial charge is 0.298 e. The summed E-state index contributed by atoms with van der Waals surface area (Å²) in [5, 5.41) is 0. The smallest absolute Gasteiger partial charge is 0.146 e. The Labute approximate surface area is 72.7 Å². The van der Waals surface area contributed by atoms with Gasteiger partial charge < -0.3 is 0 Å². The van der Waals surface area contributed by atoms with Crippen LogP contribution >= 0.6 is 0 Å². The van der Waals surface area contributed by atoms with Gasteiger partial charge in [-0.1, -0.05) is 30.3 Å². The average Bonchev–Trinajstić information content (AvgIpc) is 2.17. The number of carbonyl (C=O) groups excluding carboxylic acids is 1. The SMILES string of the molecule is C/C(C=O)=C(\C)c1ccccc1. The van der Waals surface area contributed by atoms with Crippen LogP contribution in [0.5, 0.6) is 0 Å². The molecule has 0 fully saturated rings. The Morgan fingerprint density at radius 1 is 1.17 bits per heavy atom. The lowest BCUT2D eigenvalue weighted by Crippen LogP contribution is -1.85. The molecule has 0 unspecified atom stereocenters. The molecule has 1 rings (SSSR count). The Morgan fingerprint density at radius 2 is 1.75 bits per heavy atom. The minimum Gasteiger partial charge on any atom is -0.298 e. The van der Waals surface area contributed by atoms with Crippen molar-refractivity contribution >= 4 is 11.9 Å². The van der Waals surface area contributed by atoms with E-state index in [4.69, 9.17) is 0 Å². The maximum atomic E-state index is 10.5. The third-order valence-corrected chi connectivity index (χ3v) is 1.98. The topological polar surface area (TPSA) is 17.1 Å². The summed E-state index contributed by atoms with van der Waals surface area (Å²) >= 11 is 0. The van der Waals surface area contributed by atoms with Crippen molar-refractivity contribution < 1.29 is 4.79 Å². The molecule has 0 saturated heterocycles. The van der Waals surface area contributed by atoms with Gasteiger partial charge in [-0.2, -0.15) is 0 Å². The number of aldehydes is 1. The summed E-state index contributed by atoms with van der Waals surface area (Å²) in [7, 11) is 0. The lowest BCUT2D eigenvalue weighted by Gasteiger charge is -2.01. The molecular weight excluding hydrogens is 148 g/mol. The number of hydrogen-bond acceptors (Lipinski definition) is 1. The van der Waals surface area contributed by atoms with Crippen LogP contribution in [0.1, 0.15) is 19.4 Å². The molecule has 0 N–H and O–H groups in total. The van der Waals surface area contributed by atoms with E-state index in [1.54, 1.807) is 0 Å². The highest BCUT2D eigenvalue weighted by atomic mass is 16.1. The standard InChI is InChI=1S/C11H12O/c1-9(8-12)10(2)11-6-4-3-5-7-11/h3-8H,1-2H3/b10-9-. The molecule has 0 spiro atoms. The minimum absolute atomic E-state index is 0.793. The first-order valence-corrected chi connectivity index (χ1v) is 3.94. The Morgan fingerprint density at radius 3 is 2.25 bits per heavy atom. The summed E-state index contributed by atoms with van der Waals surface area (Å²) in [5.41, 5.74) is 2.95. The summed E-state index contributed by atoms with van der Waals surface area (Å²) in [6.07, 6.45) is 0.891. The number of carbonyl (C=O) groups is 1. The zero-order valence-corrected chi connectivity index (χ0v) is 7.37. The van der Waals surface area contributed by atoms with E-state index in [9.17, 15) is 4.79 Å². The van der Waals surface area contributed by atoms with Gasteiger partial charge in [0.25, 0.3) is 0 Å². The summed E-state index contributed by atoms with van der Waals surface area (Å²) < 4.78 is 0. The van der Waals surface area contributed by atoms with Crippen LogP contribution in [-0.2, 0) is 4.79 Å². The van der Waals surface area contributed by atoms with E-state index in [0.717, 1.165) is 23.0 Å². The van der Waals surface area contributed by atoms with E-state index >= 15 is 0 Å². The van der Waals surface area contributed by atoms with Gasteiger partial charge in [0.15, 0.2) is 0 Å². The normalized spacial score (nSPS) is 12.2. The van der Waals surface area contributed by atoms with Crippen LogP contribution < -0.4 is 0 Å². The van der Waals surface area contributed by atoms with Crippen LogP contribution in [0.25, 0.3) is 5.57 Å². The molecule has 0 aliphatic carbocycles.